The lowest BCUT2D eigenvalue weighted by Crippen LogP contribution is -2.27. The van der Waals surface area contributed by atoms with Crippen LogP contribution in [0, 0.1) is 22.9 Å². The van der Waals surface area contributed by atoms with Crippen LogP contribution in [0.15, 0.2) is 65.6 Å². The summed E-state index contributed by atoms with van der Waals surface area (Å²) in [6.45, 7) is 1.56. The minimum Gasteiger partial charge on any atom is -0.322 e. The van der Waals surface area contributed by atoms with Gasteiger partial charge < -0.3 is 5.32 Å². The van der Waals surface area contributed by atoms with Gasteiger partial charge in [0.2, 0.25) is 0 Å². The summed E-state index contributed by atoms with van der Waals surface area (Å²) in [5.41, 5.74) is 0.483. The molecule has 32 heavy (non-hydrogen) atoms. The van der Waals surface area contributed by atoms with Crippen molar-refractivity contribution in [2.24, 2.45) is 0 Å². The Labute approximate surface area is 188 Å². The molecular formula is C21H17ClFN3O5S. The molecule has 0 aliphatic rings. The van der Waals surface area contributed by atoms with Crippen LogP contribution in [0.2, 0.25) is 5.02 Å². The van der Waals surface area contributed by atoms with Crippen LogP contribution in [-0.4, -0.2) is 26.3 Å². The number of rotatable bonds is 6. The maximum absolute atomic E-state index is 13.2. The Morgan fingerprint density at radius 3 is 2.38 bits per heavy atom. The molecule has 3 aromatic rings. The summed E-state index contributed by atoms with van der Waals surface area (Å²) in [5.74, 6) is -1.25. The minimum atomic E-state index is -4.09. The van der Waals surface area contributed by atoms with E-state index < -0.39 is 26.7 Å². The van der Waals surface area contributed by atoms with Gasteiger partial charge in [-0.3, -0.25) is 19.2 Å². The van der Waals surface area contributed by atoms with Crippen molar-refractivity contribution in [3.05, 3.63) is 92.7 Å². The summed E-state index contributed by atoms with van der Waals surface area (Å²) in [7, 11) is -2.80. The lowest BCUT2D eigenvalue weighted by molar-refractivity contribution is -0.385. The fourth-order valence-electron chi connectivity index (χ4n) is 2.87. The first-order valence-corrected chi connectivity index (χ1v) is 10.9. The third-order valence-electron chi connectivity index (χ3n) is 4.69. The number of amides is 1. The van der Waals surface area contributed by atoms with E-state index >= 15 is 0 Å². The van der Waals surface area contributed by atoms with Crippen LogP contribution in [0.25, 0.3) is 0 Å². The largest absolute Gasteiger partial charge is 0.322 e. The van der Waals surface area contributed by atoms with Crippen molar-refractivity contribution < 1.29 is 22.5 Å². The van der Waals surface area contributed by atoms with E-state index in [9.17, 15) is 27.7 Å². The number of aryl methyl sites for hydroxylation is 1. The normalized spacial score (nSPS) is 11.1. The zero-order valence-corrected chi connectivity index (χ0v) is 18.4. The minimum absolute atomic E-state index is 0.00695. The standard InChI is InChI=1S/C21H17ClFN3O5S/c1-13-3-6-15(11-20(13)26(28)29)24-21(27)18-12-17(9-10-19(18)22)32(30,31)25(2)16-7-4-14(23)5-8-16/h3-12H,1-2H3,(H,24,27). The van der Waals surface area contributed by atoms with E-state index in [0.717, 1.165) is 22.5 Å². The zero-order valence-electron chi connectivity index (χ0n) is 16.9. The Hall–Kier alpha value is -3.50. The molecular weight excluding hydrogens is 461 g/mol. The SMILES string of the molecule is Cc1ccc(NC(=O)c2cc(S(=O)(=O)N(C)c3ccc(F)cc3)ccc2Cl)cc1[N+](=O)[O-]. The van der Waals surface area contributed by atoms with Gasteiger partial charge in [-0.1, -0.05) is 17.7 Å². The highest BCUT2D eigenvalue weighted by molar-refractivity contribution is 7.92. The van der Waals surface area contributed by atoms with Crippen molar-refractivity contribution in [2.45, 2.75) is 11.8 Å². The summed E-state index contributed by atoms with van der Waals surface area (Å²) >= 11 is 6.11. The quantitative estimate of drug-likeness (QED) is 0.406. The van der Waals surface area contributed by atoms with E-state index in [0.29, 0.717) is 5.56 Å². The number of anilines is 2. The van der Waals surface area contributed by atoms with E-state index in [1.54, 1.807) is 6.92 Å². The zero-order chi connectivity index (χ0) is 23.6. The molecule has 11 heteroatoms. The van der Waals surface area contributed by atoms with Gasteiger partial charge in [-0.2, -0.15) is 0 Å². The number of carbonyl (C=O) groups excluding carboxylic acids is 1. The van der Waals surface area contributed by atoms with Crippen LogP contribution in [0.5, 0.6) is 0 Å². The highest BCUT2D eigenvalue weighted by atomic mass is 35.5. The third kappa shape index (κ3) is 4.71. The molecule has 0 atom stereocenters. The maximum atomic E-state index is 13.2. The topological polar surface area (TPSA) is 110 Å². The number of nitro groups is 1. The molecule has 0 fully saturated rings. The molecule has 0 heterocycles. The molecule has 0 radical (unpaired) electrons. The fourth-order valence-corrected chi connectivity index (χ4v) is 4.29. The number of nitrogens with zero attached hydrogens (tertiary/aromatic N) is 2. The van der Waals surface area contributed by atoms with Crippen molar-refractivity contribution in [1.29, 1.82) is 0 Å². The van der Waals surface area contributed by atoms with Gasteiger partial charge in [-0.05, 0) is 55.5 Å². The fraction of sp³-hybridized carbons (Fsp3) is 0.0952. The summed E-state index contributed by atoms with van der Waals surface area (Å²) in [6.07, 6.45) is 0. The smallest absolute Gasteiger partial charge is 0.274 e. The second-order valence-corrected chi connectivity index (χ2v) is 9.18. The molecule has 166 valence electrons. The Kier molecular flexibility index (Phi) is 6.47. The number of sulfonamides is 1. The van der Waals surface area contributed by atoms with Gasteiger partial charge in [-0.15, -0.1) is 0 Å². The highest BCUT2D eigenvalue weighted by Crippen LogP contribution is 2.27. The summed E-state index contributed by atoms with van der Waals surface area (Å²) < 4.78 is 40.1. The predicted octanol–water partition coefficient (Wildman–Crippen LogP) is 4.77. The molecule has 3 aromatic carbocycles. The number of nitrogens with one attached hydrogen (secondary N) is 1. The van der Waals surface area contributed by atoms with E-state index in [1.807, 2.05) is 0 Å². The number of hydrogen-bond donors (Lipinski definition) is 1. The van der Waals surface area contributed by atoms with Crippen LogP contribution in [0.3, 0.4) is 0 Å². The van der Waals surface area contributed by atoms with Gasteiger partial charge in [0.1, 0.15) is 5.82 Å². The van der Waals surface area contributed by atoms with Crippen LogP contribution in [0.1, 0.15) is 15.9 Å². The highest BCUT2D eigenvalue weighted by Gasteiger charge is 2.24. The van der Waals surface area contributed by atoms with E-state index in [2.05, 4.69) is 5.32 Å². The molecule has 0 aliphatic heterocycles. The first-order valence-electron chi connectivity index (χ1n) is 9.11. The van der Waals surface area contributed by atoms with Crippen molar-refractivity contribution >= 4 is 44.6 Å². The first kappa shape index (κ1) is 23.2. The molecule has 3 rings (SSSR count). The number of benzene rings is 3. The van der Waals surface area contributed by atoms with E-state index in [4.69, 9.17) is 11.6 Å². The maximum Gasteiger partial charge on any atom is 0.274 e. The van der Waals surface area contributed by atoms with E-state index in [1.165, 1.54) is 49.5 Å². The van der Waals surface area contributed by atoms with Gasteiger partial charge in [0.25, 0.3) is 21.6 Å². The van der Waals surface area contributed by atoms with Crippen LogP contribution in [0.4, 0.5) is 21.5 Å². The molecule has 0 saturated carbocycles. The molecule has 0 spiro atoms. The van der Waals surface area contributed by atoms with Gasteiger partial charge in [0.15, 0.2) is 0 Å². The molecule has 0 bridgehead atoms. The van der Waals surface area contributed by atoms with Crippen LogP contribution >= 0.6 is 11.6 Å². The monoisotopic (exact) mass is 477 g/mol. The Balaban J connectivity index is 1.93. The van der Waals surface area contributed by atoms with E-state index in [-0.39, 0.29) is 32.5 Å². The van der Waals surface area contributed by atoms with Gasteiger partial charge in [0, 0.05) is 24.4 Å². The summed E-state index contributed by atoms with van der Waals surface area (Å²) in [5, 5.41) is 13.6. The number of hydrogen-bond acceptors (Lipinski definition) is 5. The molecule has 1 N–H and O–H groups in total. The number of nitro benzene ring substituents is 1. The summed E-state index contributed by atoms with van der Waals surface area (Å²) in [6, 6.07) is 12.6. The Morgan fingerprint density at radius 2 is 1.75 bits per heavy atom. The third-order valence-corrected chi connectivity index (χ3v) is 6.81. The lowest BCUT2D eigenvalue weighted by Gasteiger charge is -2.20. The Morgan fingerprint density at radius 1 is 1.09 bits per heavy atom. The Bertz CT molecular complexity index is 1310. The first-order chi connectivity index (χ1) is 15.0. The summed E-state index contributed by atoms with van der Waals surface area (Å²) in [4.78, 5) is 23.1. The van der Waals surface area contributed by atoms with Crippen molar-refractivity contribution in [1.82, 2.24) is 0 Å². The van der Waals surface area contributed by atoms with Gasteiger partial charge >= 0.3 is 0 Å². The molecule has 0 aliphatic carbocycles. The van der Waals surface area contributed by atoms with Gasteiger partial charge in [-0.25, -0.2) is 12.8 Å². The second-order valence-electron chi connectivity index (χ2n) is 6.80. The van der Waals surface area contributed by atoms with Crippen molar-refractivity contribution in [2.75, 3.05) is 16.7 Å². The average Bonchev–Trinajstić information content (AvgIpc) is 2.75. The van der Waals surface area contributed by atoms with Crippen molar-refractivity contribution in [3.8, 4) is 0 Å². The number of carbonyl (C=O) groups is 1. The number of halogens is 2. The van der Waals surface area contributed by atoms with Crippen LogP contribution < -0.4 is 9.62 Å². The molecule has 1 amide bonds. The molecule has 0 unspecified atom stereocenters. The van der Waals surface area contributed by atoms with Crippen molar-refractivity contribution in [3.63, 3.8) is 0 Å². The molecule has 0 aromatic heterocycles. The molecule has 0 saturated heterocycles. The lowest BCUT2D eigenvalue weighted by atomic mass is 10.1. The van der Waals surface area contributed by atoms with Gasteiger partial charge in [0.05, 0.1) is 26.1 Å². The average molecular weight is 478 g/mol. The second kappa shape index (κ2) is 8.93. The predicted molar refractivity (Wildman–Crippen MR) is 119 cm³/mol. The molecule has 8 nitrogen and oxygen atoms in total. The van der Waals surface area contributed by atoms with Crippen LogP contribution in [-0.2, 0) is 10.0 Å².